The van der Waals surface area contributed by atoms with Gasteiger partial charge in [0.15, 0.2) is 0 Å². The van der Waals surface area contributed by atoms with Crippen molar-refractivity contribution in [2.75, 3.05) is 13.1 Å². The predicted molar refractivity (Wildman–Crippen MR) is 129 cm³/mol. The molecule has 1 heterocycles. The molecule has 1 fully saturated rings. The maximum absolute atomic E-state index is 13.2. The monoisotopic (exact) mass is 442 g/mol. The molecule has 0 radical (unpaired) electrons. The second kappa shape index (κ2) is 10.8. The number of hydrogen-bond donors (Lipinski definition) is 1. The van der Waals surface area contributed by atoms with E-state index in [0.717, 1.165) is 29.0 Å². The molecule has 2 amide bonds. The summed E-state index contributed by atoms with van der Waals surface area (Å²) in [5.74, 6) is 0.284. The highest BCUT2D eigenvalue weighted by Crippen LogP contribution is 2.29. The van der Waals surface area contributed by atoms with Gasteiger partial charge in [-0.2, -0.15) is 0 Å². The summed E-state index contributed by atoms with van der Waals surface area (Å²) in [5.41, 5.74) is 3.85. The largest absolute Gasteiger partial charge is 0.341 e. The molecule has 2 aromatic rings. The normalized spacial score (nSPS) is 15.4. The van der Waals surface area contributed by atoms with Crippen LogP contribution < -0.4 is 5.32 Å². The van der Waals surface area contributed by atoms with Gasteiger partial charge in [-0.15, -0.1) is 0 Å². The number of likely N-dealkylation sites (tertiary alicyclic amines) is 1. The Morgan fingerprint density at radius 2 is 1.65 bits per heavy atom. The van der Waals surface area contributed by atoms with Gasteiger partial charge in [-0.25, -0.2) is 0 Å². The van der Waals surface area contributed by atoms with Crippen molar-refractivity contribution in [3.8, 4) is 0 Å². The van der Waals surface area contributed by atoms with Crippen LogP contribution in [0.5, 0.6) is 0 Å². The molecule has 1 aliphatic rings. The number of hydrogen-bond acceptors (Lipinski definition) is 2. The van der Waals surface area contributed by atoms with E-state index in [0.29, 0.717) is 24.6 Å². The fourth-order valence-corrected chi connectivity index (χ4v) is 4.20. The first-order chi connectivity index (χ1) is 14.3. The summed E-state index contributed by atoms with van der Waals surface area (Å²) >= 11 is 6.00. The van der Waals surface area contributed by atoms with Crippen LogP contribution >= 0.6 is 11.6 Å². The summed E-state index contributed by atoms with van der Waals surface area (Å²) in [5, 5.41) is 3.74. The molecule has 4 nitrogen and oxygen atoms in total. The second-order valence-electron chi connectivity index (χ2n) is 8.66. The van der Waals surface area contributed by atoms with E-state index in [1.165, 1.54) is 5.56 Å². The molecular formula is C26H35ClN2O2. The first-order valence-electron chi connectivity index (χ1n) is 10.7. The highest BCUT2D eigenvalue weighted by Gasteiger charge is 2.32. The molecule has 1 aliphatic heterocycles. The third kappa shape index (κ3) is 6.10. The Balaban J connectivity index is 0.00000341. The van der Waals surface area contributed by atoms with E-state index in [-0.39, 0.29) is 25.2 Å². The number of nitrogens with one attached hydrogen (secondary N) is 1. The molecule has 0 bridgehead atoms. The van der Waals surface area contributed by atoms with Crippen molar-refractivity contribution in [2.24, 2.45) is 5.92 Å². The van der Waals surface area contributed by atoms with Gasteiger partial charge in [0.1, 0.15) is 6.04 Å². The molecular weight excluding hydrogens is 408 g/mol. The summed E-state index contributed by atoms with van der Waals surface area (Å²) in [6.45, 7) is 9.25. The molecule has 5 heteroatoms. The van der Waals surface area contributed by atoms with Crippen LogP contribution in [0.4, 0.5) is 0 Å². The molecule has 1 N–H and O–H groups in total. The molecule has 0 spiro atoms. The summed E-state index contributed by atoms with van der Waals surface area (Å²) in [7, 11) is 0. The van der Waals surface area contributed by atoms with E-state index in [4.69, 9.17) is 11.6 Å². The SMILES string of the molecule is C.Cc1ccc(C)c(C(=O)N[C@@H](C(=O)N2CCC(c3ccc(Cl)cc3)CC2)C(C)C)c1. The van der Waals surface area contributed by atoms with Crippen LogP contribution in [0.3, 0.4) is 0 Å². The smallest absolute Gasteiger partial charge is 0.252 e. The van der Waals surface area contributed by atoms with Crippen LogP contribution in [0.15, 0.2) is 42.5 Å². The Morgan fingerprint density at radius 1 is 1.03 bits per heavy atom. The average Bonchev–Trinajstić information content (AvgIpc) is 2.73. The molecule has 0 saturated carbocycles. The third-order valence-corrected chi connectivity index (χ3v) is 6.26. The fourth-order valence-electron chi connectivity index (χ4n) is 4.08. The first kappa shape index (κ1) is 24.9. The van der Waals surface area contributed by atoms with Crippen LogP contribution in [-0.2, 0) is 4.79 Å². The van der Waals surface area contributed by atoms with E-state index in [9.17, 15) is 9.59 Å². The minimum Gasteiger partial charge on any atom is -0.341 e. The van der Waals surface area contributed by atoms with Gasteiger partial charge >= 0.3 is 0 Å². The highest BCUT2D eigenvalue weighted by molar-refractivity contribution is 6.30. The van der Waals surface area contributed by atoms with Crippen molar-refractivity contribution in [1.82, 2.24) is 10.2 Å². The molecule has 0 aliphatic carbocycles. The summed E-state index contributed by atoms with van der Waals surface area (Å²) in [6.07, 6.45) is 1.84. The van der Waals surface area contributed by atoms with E-state index in [2.05, 4.69) is 17.4 Å². The lowest BCUT2D eigenvalue weighted by atomic mass is 9.89. The van der Waals surface area contributed by atoms with Crippen molar-refractivity contribution >= 4 is 23.4 Å². The third-order valence-electron chi connectivity index (χ3n) is 6.01. The first-order valence-corrected chi connectivity index (χ1v) is 11.1. The predicted octanol–water partition coefficient (Wildman–Crippen LogP) is 5.75. The summed E-state index contributed by atoms with van der Waals surface area (Å²) in [4.78, 5) is 28.0. The van der Waals surface area contributed by atoms with Crippen molar-refractivity contribution in [2.45, 2.75) is 59.9 Å². The molecule has 3 rings (SSSR count). The molecule has 1 saturated heterocycles. The number of rotatable bonds is 5. The zero-order valence-electron chi connectivity index (χ0n) is 18.2. The van der Waals surface area contributed by atoms with Gasteiger partial charge in [-0.3, -0.25) is 9.59 Å². The van der Waals surface area contributed by atoms with E-state index >= 15 is 0 Å². The number of carbonyl (C=O) groups is 2. The molecule has 31 heavy (non-hydrogen) atoms. The molecule has 1 atom stereocenters. The van der Waals surface area contributed by atoms with Crippen molar-refractivity contribution in [1.29, 1.82) is 0 Å². The topological polar surface area (TPSA) is 49.4 Å². The Hall–Kier alpha value is -2.33. The standard InChI is InChI=1S/C25H31ClN2O2.CH4/c1-16(2)23(27-24(29)22-15-17(3)5-6-18(22)4)25(30)28-13-11-20(12-14-28)19-7-9-21(26)10-8-19;/h5-10,15-16,20,23H,11-14H2,1-4H3,(H,27,29);1H4/t23-;/m1./s1. The van der Waals surface area contributed by atoms with E-state index in [1.54, 1.807) is 0 Å². The van der Waals surface area contributed by atoms with Crippen molar-refractivity contribution in [3.63, 3.8) is 0 Å². The number of halogens is 1. The number of piperidine rings is 1. The lowest BCUT2D eigenvalue weighted by molar-refractivity contribution is -0.135. The van der Waals surface area contributed by atoms with E-state index in [1.807, 2.05) is 62.9 Å². The van der Waals surface area contributed by atoms with Crippen molar-refractivity contribution in [3.05, 3.63) is 69.7 Å². The van der Waals surface area contributed by atoms with Gasteiger partial charge in [0, 0.05) is 23.7 Å². The summed E-state index contributed by atoms with van der Waals surface area (Å²) < 4.78 is 0. The van der Waals surface area contributed by atoms with Crippen molar-refractivity contribution < 1.29 is 9.59 Å². The fraction of sp³-hybridized carbons (Fsp3) is 0.462. The lowest BCUT2D eigenvalue weighted by Gasteiger charge is -2.35. The second-order valence-corrected chi connectivity index (χ2v) is 9.10. The van der Waals surface area contributed by atoms with Gasteiger partial charge in [0.25, 0.3) is 5.91 Å². The molecule has 168 valence electrons. The van der Waals surface area contributed by atoms with Gasteiger partial charge in [-0.05, 0) is 67.9 Å². The number of benzene rings is 2. The van der Waals surface area contributed by atoms with Gasteiger partial charge in [0.05, 0.1) is 0 Å². The minimum absolute atomic E-state index is 0. The molecule has 0 unspecified atom stereocenters. The number of carbonyl (C=O) groups excluding carboxylic acids is 2. The lowest BCUT2D eigenvalue weighted by Crippen LogP contribution is -2.52. The number of amides is 2. The van der Waals surface area contributed by atoms with Crippen LogP contribution in [-0.4, -0.2) is 35.8 Å². The van der Waals surface area contributed by atoms with Crippen LogP contribution in [0, 0.1) is 19.8 Å². The Bertz CT molecular complexity index is 900. The van der Waals surface area contributed by atoms with Gasteiger partial charge in [-0.1, -0.05) is 62.7 Å². The minimum atomic E-state index is -0.524. The van der Waals surface area contributed by atoms with Gasteiger partial charge < -0.3 is 10.2 Å². The maximum Gasteiger partial charge on any atom is 0.252 e. The van der Waals surface area contributed by atoms with Crippen LogP contribution in [0.2, 0.25) is 5.02 Å². The molecule has 2 aromatic carbocycles. The quantitative estimate of drug-likeness (QED) is 0.640. The zero-order valence-corrected chi connectivity index (χ0v) is 19.0. The van der Waals surface area contributed by atoms with Crippen LogP contribution in [0.1, 0.15) is 67.1 Å². The van der Waals surface area contributed by atoms with Crippen LogP contribution in [0.25, 0.3) is 0 Å². The average molecular weight is 443 g/mol. The highest BCUT2D eigenvalue weighted by atomic mass is 35.5. The molecule has 0 aromatic heterocycles. The van der Waals surface area contributed by atoms with Gasteiger partial charge in [0.2, 0.25) is 5.91 Å². The van der Waals surface area contributed by atoms with E-state index < -0.39 is 6.04 Å². The Labute approximate surface area is 192 Å². The zero-order chi connectivity index (χ0) is 21.8. The Kier molecular flexibility index (Phi) is 8.69. The summed E-state index contributed by atoms with van der Waals surface area (Å²) in [6, 6.07) is 13.3. The number of aryl methyl sites for hydroxylation is 2. The Morgan fingerprint density at radius 3 is 2.23 bits per heavy atom. The maximum atomic E-state index is 13.2. The number of nitrogens with zero attached hydrogens (tertiary/aromatic N) is 1.